The fourth-order valence-corrected chi connectivity index (χ4v) is 2.80. The number of aryl methyl sites for hydroxylation is 1. The Kier molecular flexibility index (Phi) is 7.58. The lowest BCUT2D eigenvalue weighted by molar-refractivity contribution is -0.885. The Balaban J connectivity index is 1.84. The smallest absolute Gasteiger partial charge is 0.279 e. The van der Waals surface area contributed by atoms with E-state index < -0.39 is 0 Å². The predicted molar refractivity (Wildman–Crippen MR) is 111 cm³/mol. The molecule has 1 unspecified atom stereocenters. The molecule has 6 heteroatoms. The van der Waals surface area contributed by atoms with E-state index in [0.29, 0.717) is 6.54 Å². The van der Waals surface area contributed by atoms with E-state index in [9.17, 15) is 9.59 Å². The summed E-state index contributed by atoms with van der Waals surface area (Å²) in [7, 11) is 3.47. The SMILES string of the molecule is COc1ccc(CNC(=O)[C@@H](C)[NH+](C)CC(=O)Nc2cccc(C)c2C)cc1. The zero-order valence-corrected chi connectivity index (χ0v) is 17.3. The summed E-state index contributed by atoms with van der Waals surface area (Å²) < 4.78 is 5.13. The second-order valence-electron chi connectivity index (χ2n) is 7.11. The molecule has 6 nitrogen and oxygen atoms in total. The molecule has 0 aromatic heterocycles. The first-order valence-corrected chi connectivity index (χ1v) is 9.40. The summed E-state index contributed by atoms with van der Waals surface area (Å²) in [6.07, 6.45) is 0. The van der Waals surface area contributed by atoms with Crippen LogP contribution in [0.2, 0.25) is 0 Å². The number of likely N-dealkylation sites (N-methyl/N-ethyl adjacent to an activating group) is 1. The monoisotopic (exact) mass is 384 g/mol. The van der Waals surface area contributed by atoms with Gasteiger partial charge >= 0.3 is 0 Å². The summed E-state index contributed by atoms with van der Waals surface area (Å²) in [4.78, 5) is 25.6. The van der Waals surface area contributed by atoms with Crippen molar-refractivity contribution in [2.45, 2.75) is 33.4 Å². The Hall–Kier alpha value is -2.86. The Labute approximate surface area is 166 Å². The van der Waals surface area contributed by atoms with Crippen molar-refractivity contribution in [1.29, 1.82) is 0 Å². The lowest BCUT2D eigenvalue weighted by Gasteiger charge is -2.21. The highest BCUT2D eigenvalue weighted by atomic mass is 16.5. The van der Waals surface area contributed by atoms with Crippen molar-refractivity contribution in [3.05, 3.63) is 59.2 Å². The number of amides is 2. The van der Waals surface area contributed by atoms with Gasteiger partial charge in [0.25, 0.3) is 11.8 Å². The minimum absolute atomic E-state index is 0.0899. The van der Waals surface area contributed by atoms with E-state index in [1.54, 1.807) is 7.11 Å². The molecule has 0 heterocycles. The summed E-state index contributed by atoms with van der Waals surface area (Å²) in [5.41, 5.74) is 3.99. The average Bonchev–Trinajstić information content (AvgIpc) is 2.69. The highest BCUT2D eigenvalue weighted by molar-refractivity contribution is 5.92. The van der Waals surface area contributed by atoms with Gasteiger partial charge in [0.1, 0.15) is 5.75 Å². The number of benzene rings is 2. The fourth-order valence-electron chi connectivity index (χ4n) is 2.80. The minimum atomic E-state index is -0.345. The number of anilines is 1. The van der Waals surface area contributed by atoms with Crippen LogP contribution in [0.4, 0.5) is 5.69 Å². The maximum absolute atomic E-state index is 12.4. The van der Waals surface area contributed by atoms with Crippen LogP contribution in [0.25, 0.3) is 0 Å². The van der Waals surface area contributed by atoms with E-state index in [4.69, 9.17) is 4.74 Å². The van der Waals surface area contributed by atoms with E-state index in [0.717, 1.165) is 33.0 Å². The number of quaternary nitrogens is 1. The van der Waals surface area contributed by atoms with Gasteiger partial charge in [0.2, 0.25) is 0 Å². The van der Waals surface area contributed by atoms with Crippen LogP contribution in [-0.2, 0) is 16.1 Å². The maximum atomic E-state index is 12.4. The van der Waals surface area contributed by atoms with Crippen LogP contribution in [0, 0.1) is 13.8 Å². The van der Waals surface area contributed by atoms with Gasteiger partial charge in [0.15, 0.2) is 12.6 Å². The summed E-state index contributed by atoms with van der Waals surface area (Å²) in [6, 6.07) is 13.0. The minimum Gasteiger partial charge on any atom is -0.497 e. The van der Waals surface area contributed by atoms with Crippen LogP contribution in [0.3, 0.4) is 0 Å². The van der Waals surface area contributed by atoms with E-state index in [2.05, 4.69) is 10.6 Å². The van der Waals surface area contributed by atoms with Crippen molar-refractivity contribution < 1.29 is 19.2 Å². The van der Waals surface area contributed by atoms with Gasteiger partial charge in [-0.15, -0.1) is 0 Å². The molecule has 2 aromatic carbocycles. The van der Waals surface area contributed by atoms with Crippen molar-refractivity contribution in [1.82, 2.24) is 5.32 Å². The van der Waals surface area contributed by atoms with Crippen molar-refractivity contribution in [2.24, 2.45) is 0 Å². The number of ether oxygens (including phenoxy) is 1. The number of rotatable bonds is 8. The predicted octanol–water partition coefficient (Wildman–Crippen LogP) is 1.47. The third-order valence-electron chi connectivity index (χ3n) is 5.08. The highest BCUT2D eigenvalue weighted by Gasteiger charge is 2.23. The molecule has 0 aliphatic carbocycles. The van der Waals surface area contributed by atoms with Crippen LogP contribution >= 0.6 is 0 Å². The molecule has 0 spiro atoms. The first-order chi connectivity index (χ1) is 13.3. The Morgan fingerprint density at radius 1 is 1.11 bits per heavy atom. The van der Waals surface area contributed by atoms with Crippen molar-refractivity contribution in [2.75, 3.05) is 26.0 Å². The summed E-state index contributed by atoms with van der Waals surface area (Å²) >= 11 is 0. The van der Waals surface area contributed by atoms with Gasteiger partial charge in [-0.2, -0.15) is 0 Å². The van der Waals surface area contributed by atoms with Crippen LogP contribution in [0.5, 0.6) is 5.75 Å². The van der Waals surface area contributed by atoms with Gasteiger partial charge in [0, 0.05) is 12.2 Å². The molecular formula is C22H30N3O3+. The van der Waals surface area contributed by atoms with Crippen LogP contribution in [-0.4, -0.2) is 38.6 Å². The van der Waals surface area contributed by atoms with Crippen LogP contribution in [0.15, 0.2) is 42.5 Å². The third-order valence-corrected chi connectivity index (χ3v) is 5.08. The number of carbonyl (C=O) groups is 2. The number of nitrogens with one attached hydrogen (secondary N) is 3. The van der Waals surface area contributed by atoms with Crippen molar-refractivity contribution in [3.63, 3.8) is 0 Å². The molecule has 2 atom stereocenters. The van der Waals surface area contributed by atoms with E-state index in [1.807, 2.05) is 70.3 Å². The zero-order chi connectivity index (χ0) is 20.7. The molecule has 2 amide bonds. The van der Waals surface area contributed by atoms with Gasteiger partial charge in [-0.1, -0.05) is 24.3 Å². The Bertz CT molecular complexity index is 818. The molecule has 3 N–H and O–H groups in total. The second-order valence-corrected chi connectivity index (χ2v) is 7.11. The maximum Gasteiger partial charge on any atom is 0.279 e. The summed E-state index contributed by atoms with van der Waals surface area (Å²) in [6.45, 7) is 6.47. The Morgan fingerprint density at radius 3 is 2.43 bits per heavy atom. The second kappa shape index (κ2) is 9.90. The van der Waals surface area contributed by atoms with Gasteiger partial charge < -0.3 is 20.3 Å². The molecule has 0 aliphatic heterocycles. The van der Waals surface area contributed by atoms with Gasteiger partial charge in [-0.25, -0.2) is 0 Å². The zero-order valence-electron chi connectivity index (χ0n) is 17.3. The first kappa shape index (κ1) is 21.4. The van der Waals surface area contributed by atoms with E-state index >= 15 is 0 Å². The largest absolute Gasteiger partial charge is 0.497 e. The Morgan fingerprint density at radius 2 is 1.79 bits per heavy atom. The van der Waals surface area contributed by atoms with E-state index in [-0.39, 0.29) is 24.4 Å². The molecule has 0 radical (unpaired) electrons. The molecule has 2 rings (SSSR count). The molecule has 150 valence electrons. The lowest BCUT2D eigenvalue weighted by atomic mass is 10.1. The quantitative estimate of drug-likeness (QED) is 0.645. The molecule has 2 aromatic rings. The number of hydrogen-bond acceptors (Lipinski definition) is 3. The fraction of sp³-hybridized carbons (Fsp3) is 0.364. The highest BCUT2D eigenvalue weighted by Crippen LogP contribution is 2.17. The number of methoxy groups -OCH3 is 1. The van der Waals surface area contributed by atoms with E-state index in [1.165, 1.54) is 0 Å². The molecular weight excluding hydrogens is 354 g/mol. The van der Waals surface area contributed by atoms with Crippen LogP contribution in [0.1, 0.15) is 23.6 Å². The molecule has 0 bridgehead atoms. The summed E-state index contributed by atoms with van der Waals surface area (Å²) in [5.74, 6) is 0.580. The van der Waals surface area contributed by atoms with Crippen molar-refractivity contribution in [3.8, 4) is 5.75 Å². The molecule has 0 saturated heterocycles. The first-order valence-electron chi connectivity index (χ1n) is 9.40. The van der Waals surface area contributed by atoms with Gasteiger partial charge in [0.05, 0.1) is 14.2 Å². The molecule has 0 aliphatic rings. The number of hydrogen-bond donors (Lipinski definition) is 3. The van der Waals surface area contributed by atoms with Gasteiger partial charge in [-0.05, 0) is 55.7 Å². The normalized spacial score (nSPS) is 12.8. The summed E-state index contributed by atoms with van der Waals surface area (Å²) in [5, 5.41) is 5.87. The average molecular weight is 385 g/mol. The van der Waals surface area contributed by atoms with Crippen molar-refractivity contribution >= 4 is 17.5 Å². The lowest BCUT2D eigenvalue weighted by Crippen LogP contribution is -3.15. The molecule has 0 fully saturated rings. The molecule has 0 saturated carbocycles. The standard InChI is InChI=1S/C22H29N3O3/c1-15-7-6-8-20(16(15)2)24-21(26)14-25(4)17(3)22(27)23-13-18-9-11-19(28-5)12-10-18/h6-12,17H,13-14H2,1-5H3,(H,23,27)(H,24,26)/p+1/t17-/m1/s1. The van der Waals surface area contributed by atoms with Gasteiger partial charge in [-0.3, -0.25) is 9.59 Å². The third kappa shape index (κ3) is 5.82. The topological polar surface area (TPSA) is 71.9 Å². The van der Waals surface area contributed by atoms with Crippen LogP contribution < -0.4 is 20.3 Å². The molecule has 28 heavy (non-hydrogen) atoms. The number of carbonyl (C=O) groups excluding carboxylic acids is 2.